The van der Waals surface area contributed by atoms with Crippen LogP contribution in [-0.4, -0.2) is 49.8 Å². The Labute approximate surface area is 147 Å². The van der Waals surface area contributed by atoms with Crippen molar-refractivity contribution in [2.45, 2.75) is 45.2 Å². The van der Waals surface area contributed by atoms with Crippen molar-refractivity contribution in [3.8, 4) is 0 Å². The summed E-state index contributed by atoms with van der Waals surface area (Å²) in [5.41, 5.74) is 0. The van der Waals surface area contributed by atoms with Gasteiger partial charge in [-0.25, -0.2) is 0 Å². The van der Waals surface area contributed by atoms with Gasteiger partial charge in [0.05, 0.1) is 11.8 Å². The quantitative estimate of drug-likeness (QED) is 0.246. The van der Waals surface area contributed by atoms with Crippen LogP contribution in [0.2, 0.25) is 12.6 Å². The van der Waals surface area contributed by atoms with E-state index >= 15 is 0 Å². The molecule has 8 heteroatoms. The van der Waals surface area contributed by atoms with E-state index in [4.69, 9.17) is 14.2 Å². The maximum absolute atomic E-state index is 11.7. The van der Waals surface area contributed by atoms with Crippen molar-refractivity contribution in [1.29, 1.82) is 0 Å². The van der Waals surface area contributed by atoms with E-state index in [9.17, 15) is 14.4 Å². The molecule has 0 saturated heterocycles. The van der Waals surface area contributed by atoms with E-state index in [0.29, 0.717) is 0 Å². The number of hydrogen-bond donors (Lipinski definition) is 0. The van der Waals surface area contributed by atoms with Crippen LogP contribution in [0.5, 0.6) is 0 Å². The first-order chi connectivity index (χ1) is 10.7. The summed E-state index contributed by atoms with van der Waals surface area (Å²) in [6.07, 6.45) is 0. The van der Waals surface area contributed by atoms with Crippen LogP contribution >= 0.6 is 15.9 Å². The highest BCUT2D eigenvalue weighted by Gasteiger charge is 2.21. The molecule has 0 aromatic heterocycles. The molecule has 6 nitrogen and oxygen atoms in total. The normalized spacial score (nSPS) is 14.6. The van der Waals surface area contributed by atoms with Gasteiger partial charge < -0.3 is 14.2 Å². The fourth-order valence-corrected chi connectivity index (χ4v) is 1.43. The average molecular weight is 392 g/mol. The molecule has 0 aromatic rings. The Bertz CT molecular complexity index is 375. The van der Waals surface area contributed by atoms with Gasteiger partial charge in [-0.3, -0.25) is 14.4 Å². The van der Waals surface area contributed by atoms with E-state index in [2.05, 4.69) is 15.9 Å². The predicted octanol–water partition coefficient (Wildman–Crippen LogP) is 2.23. The van der Waals surface area contributed by atoms with Gasteiger partial charge in [0.1, 0.15) is 31.9 Å². The van der Waals surface area contributed by atoms with Gasteiger partial charge in [0.15, 0.2) is 0 Å². The average Bonchev–Trinajstić information content (AvgIpc) is 2.51. The van der Waals surface area contributed by atoms with Gasteiger partial charge in [-0.15, -0.1) is 0 Å². The summed E-state index contributed by atoms with van der Waals surface area (Å²) in [5.74, 6) is -2.12. The van der Waals surface area contributed by atoms with Gasteiger partial charge in [-0.1, -0.05) is 43.5 Å². The number of halogens is 1. The van der Waals surface area contributed by atoms with Crippen LogP contribution in [0.15, 0.2) is 0 Å². The molecule has 0 aliphatic carbocycles. The Morgan fingerprint density at radius 3 is 1.70 bits per heavy atom. The summed E-state index contributed by atoms with van der Waals surface area (Å²) in [6, 6.07) is 0. The molecule has 0 aliphatic heterocycles. The Morgan fingerprint density at radius 1 is 0.870 bits per heavy atom. The van der Waals surface area contributed by atoms with Crippen LogP contribution in [0.1, 0.15) is 27.7 Å². The monoisotopic (exact) mass is 391 g/mol. The molecule has 23 heavy (non-hydrogen) atoms. The van der Waals surface area contributed by atoms with Crippen molar-refractivity contribution >= 4 is 41.1 Å². The molecule has 0 bridgehead atoms. The summed E-state index contributed by atoms with van der Waals surface area (Å²) < 4.78 is 15.4. The van der Waals surface area contributed by atoms with Crippen molar-refractivity contribution in [2.24, 2.45) is 11.8 Å². The molecular weight excluding hydrogens is 367 g/mol. The third-order valence-electron chi connectivity index (χ3n) is 3.05. The van der Waals surface area contributed by atoms with Gasteiger partial charge in [-0.2, -0.15) is 0 Å². The first-order valence-electron chi connectivity index (χ1n) is 7.62. The van der Waals surface area contributed by atoms with E-state index in [1.54, 1.807) is 41.8 Å². The lowest BCUT2D eigenvalue weighted by Gasteiger charge is -2.19. The molecular formula is C15H25BBrO6. The zero-order chi connectivity index (χ0) is 18.0. The fourth-order valence-electron chi connectivity index (χ4n) is 1.29. The number of esters is 3. The topological polar surface area (TPSA) is 78.9 Å². The van der Waals surface area contributed by atoms with Crippen LogP contribution in [0, 0.1) is 11.8 Å². The number of rotatable bonds is 10. The van der Waals surface area contributed by atoms with Crippen LogP contribution in [0.4, 0.5) is 0 Å². The Balaban J connectivity index is 4.50. The molecule has 1 radical (unpaired) electrons. The smallest absolute Gasteiger partial charge is 0.319 e. The van der Waals surface area contributed by atoms with Crippen molar-refractivity contribution in [3.05, 3.63) is 0 Å². The Hall–Kier alpha value is -1.05. The highest BCUT2D eigenvalue weighted by Crippen LogP contribution is 2.10. The number of hydrogen-bond acceptors (Lipinski definition) is 6. The number of carbonyl (C=O) groups is 3. The molecule has 3 atom stereocenters. The van der Waals surface area contributed by atoms with E-state index < -0.39 is 16.7 Å². The van der Waals surface area contributed by atoms with E-state index in [0.717, 1.165) is 0 Å². The number of ether oxygens (including phenoxy) is 3. The molecule has 0 fully saturated rings. The summed E-state index contributed by atoms with van der Waals surface area (Å²) in [6.45, 7) is 8.65. The van der Waals surface area contributed by atoms with Crippen LogP contribution in [-0.2, 0) is 28.6 Å². The van der Waals surface area contributed by atoms with Crippen molar-refractivity contribution < 1.29 is 28.6 Å². The van der Waals surface area contributed by atoms with Gasteiger partial charge in [0, 0.05) is 5.82 Å². The van der Waals surface area contributed by atoms with Gasteiger partial charge in [0.2, 0.25) is 0 Å². The summed E-state index contributed by atoms with van der Waals surface area (Å²) in [4.78, 5) is 34.3. The molecule has 131 valence electrons. The maximum Gasteiger partial charge on any atom is 0.319 e. The standard InChI is InChI=1S/C15H25BBrO6/c1-9(2)13(18)21-6-12(8-23-15(20)11(4)17)7-22-14(19)10(3)16-5/h9-12H,6-8H2,1-5H3. The van der Waals surface area contributed by atoms with E-state index in [1.807, 2.05) is 0 Å². The van der Waals surface area contributed by atoms with Crippen LogP contribution < -0.4 is 0 Å². The molecule has 3 unspecified atom stereocenters. The second-order valence-electron chi connectivity index (χ2n) is 5.65. The minimum Gasteiger partial charge on any atom is -0.465 e. The highest BCUT2D eigenvalue weighted by atomic mass is 79.9. The molecule has 0 saturated carbocycles. The van der Waals surface area contributed by atoms with Gasteiger partial charge in [-0.05, 0) is 6.92 Å². The lowest BCUT2D eigenvalue weighted by molar-refractivity contribution is -0.154. The molecule has 0 heterocycles. The third kappa shape index (κ3) is 9.63. The first-order valence-corrected chi connectivity index (χ1v) is 8.54. The van der Waals surface area contributed by atoms with Crippen molar-refractivity contribution in [1.82, 2.24) is 0 Å². The second kappa shape index (κ2) is 11.5. The molecule has 0 spiro atoms. The minimum absolute atomic E-state index is 0.0116. The SMILES string of the molecule is C[B]C(C)C(=O)OCC(COC(=O)C(C)C)COC(=O)C(C)Br. The number of alkyl halides is 1. The molecule has 0 rings (SSSR count). The minimum atomic E-state index is -0.432. The lowest BCUT2D eigenvalue weighted by atomic mass is 9.68. The van der Waals surface area contributed by atoms with Gasteiger partial charge >= 0.3 is 17.9 Å². The zero-order valence-electron chi connectivity index (χ0n) is 14.3. The van der Waals surface area contributed by atoms with E-state index in [-0.39, 0.29) is 43.5 Å². The van der Waals surface area contributed by atoms with E-state index in [1.165, 1.54) is 0 Å². The Kier molecular flexibility index (Phi) is 11.0. The number of carbonyl (C=O) groups excluding carboxylic acids is 3. The lowest BCUT2D eigenvalue weighted by Crippen LogP contribution is -2.29. The van der Waals surface area contributed by atoms with Crippen LogP contribution in [0.3, 0.4) is 0 Å². The highest BCUT2D eigenvalue weighted by molar-refractivity contribution is 9.10. The molecule has 0 N–H and O–H groups in total. The predicted molar refractivity (Wildman–Crippen MR) is 90.6 cm³/mol. The second-order valence-corrected chi connectivity index (χ2v) is 7.02. The first kappa shape index (κ1) is 22.0. The maximum atomic E-state index is 11.7. The van der Waals surface area contributed by atoms with Gasteiger partial charge in [0.25, 0.3) is 0 Å². The Morgan fingerprint density at radius 2 is 1.30 bits per heavy atom. The summed E-state index contributed by atoms with van der Waals surface area (Å²) in [7, 11) is 1.72. The summed E-state index contributed by atoms with van der Waals surface area (Å²) in [5, 5.41) is 0. The molecule has 0 amide bonds. The zero-order valence-corrected chi connectivity index (χ0v) is 15.9. The molecule has 0 aromatic carbocycles. The van der Waals surface area contributed by atoms with Crippen molar-refractivity contribution in [2.75, 3.05) is 19.8 Å². The largest absolute Gasteiger partial charge is 0.465 e. The van der Waals surface area contributed by atoms with Crippen LogP contribution in [0.25, 0.3) is 0 Å². The summed E-state index contributed by atoms with van der Waals surface area (Å²) >= 11 is 3.11. The van der Waals surface area contributed by atoms with Crippen molar-refractivity contribution in [3.63, 3.8) is 0 Å². The molecule has 0 aliphatic rings. The third-order valence-corrected chi connectivity index (χ3v) is 3.43. The fraction of sp³-hybridized carbons (Fsp3) is 0.800.